The van der Waals surface area contributed by atoms with Crippen molar-refractivity contribution in [3.63, 3.8) is 0 Å². The number of benzene rings is 2. The highest BCUT2D eigenvalue weighted by molar-refractivity contribution is 5.98. The van der Waals surface area contributed by atoms with Crippen LogP contribution in [0.1, 0.15) is 5.56 Å². The summed E-state index contributed by atoms with van der Waals surface area (Å²) in [6.07, 6.45) is -0.887. The number of para-hydroxylation sites is 2. The first-order valence-corrected chi connectivity index (χ1v) is 8.22. The van der Waals surface area contributed by atoms with Crippen LogP contribution in [0.25, 0.3) is 0 Å². The number of carbonyl (C=O) groups excluding carboxylic acids is 2. The second-order valence-corrected chi connectivity index (χ2v) is 6.28. The van der Waals surface area contributed by atoms with E-state index in [1.54, 1.807) is 48.3 Å². The Morgan fingerprint density at radius 2 is 2.04 bits per heavy atom. The molecule has 2 N–H and O–H groups in total. The Balaban J connectivity index is 1.73. The number of halogens is 1. The summed E-state index contributed by atoms with van der Waals surface area (Å²) >= 11 is 0. The van der Waals surface area contributed by atoms with E-state index >= 15 is 0 Å². The second-order valence-electron chi connectivity index (χ2n) is 6.28. The van der Waals surface area contributed by atoms with Gasteiger partial charge in [0.25, 0.3) is 5.91 Å². The zero-order valence-electron chi connectivity index (χ0n) is 14.4. The van der Waals surface area contributed by atoms with Crippen molar-refractivity contribution < 1.29 is 18.7 Å². The molecule has 0 bridgehead atoms. The van der Waals surface area contributed by atoms with Crippen molar-refractivity contribution in [1.29, 1.82) is 0 Å². The van der Waals surface area contributed by atoms with Gasteiger partial charge in [0, 0.05) is 6.54 Å². The predicted octanol–water partition coefficient (Wildman–Crippen LogP) is 1.54. The van der Waals surface area contributed by atoms with Crippen molar-refractivity contribution in [1.82, 2.24) is 4.90 Å². The molecule has 136 valence electrons. The van der Waals surface area contributed by atoms with E-state index in [0.29, 0.717) is 18.0 Å². The van der Waals surface area contributed by atoms with Gasteiger partial charge in [-0.15, -0.1) is 0 Å². The molecule has 2 aromatic rings. The Morgan fingerprint density at radius 3 is 2.77 bits per heavy atom. The van der Waals surface area contributed by atoms with E-state index in [4.69, 9.17) is 10.5 Å². The number of rotatable bonds is 5. The van der Waals surface area contributed by atoms with Crippen LogP contribution in [-0.4, -0.2) is 43.0 Å². The molecule has 26 heavy (non-hydrogen) atoms. The van der Waals surface area contributed by atoms with Crippen molar-refractivity contribution >= 4 is 17.5 Å². The summed E-state index contributed by atoms with van der Waals surface area (Å²) < 4.78 is 18.9. The maximum atomic E-state index is 13.3. The van der Waals surface area contributed by atoms with Crippen molar-refractivity contribution in [3.05, 3.63) is 59.9 Å². The first-order valence-electron chi connectivity index (χ1n) is 8.22. The number of ether oxygens (including phenoxy) is 1. The number of nitrogens with two attached hydrogens (primary N) is 1. The van der Waals surface area contributed by atoms with Crippen LogP contribution < -0.4 is 15.4 Å². The van der Waals surface area contributed by atoms with Gasteiger partial charge >= 0.3 is 0 Å². The fourth-order valence-corrected chi connectivity index (χ4v) is 2.94. The topological polar surface area (TPSA) is 75.9 Å². The van der Waals surface area contributed by atoms with E-state index < -0.39 is 12.0 Å². The van der Waals surface area contributed by atoms with Gasteiger partial charge in [-0.2, -0.15) is 0 Å². The summed E-state index contributed by atoms with van der Waals surface area (Å²) in [5.41, 5.74) is 6.74. The van der Waals surface area contributed by atoms with Crippen LogP contribution in [0.15, 0.2) is 48.5 Å². The minimum atomic E-state index is -0.887. The Morgan fingerprint density at radius 1 is 1.27 bits per heavy atom. The van der Waals surface area contributed by atoms with Gasteiger partial charge in [0.05, 0.1) is 18.8 Å². The van der Waals surface area contributed by atoms with Crippen LogP contribution in [0, 0.1) is 5.82 Å². The fraction of sp³-hybridized carbons (Fsp3) is 0.263. The summed E-state index contributed by atoms with van der Waals surface area (Å²) in [5, 5.41) is 0. The Labute approximate surface area is 150 Å². The number of fused-ring (bicyclic) bond motifs is 1. The summed E-state index contributed by atoms with van der Waals surface area (Å²) in [6.45, 7) is 0.601. The van der Waals surface area contributed by atoms with Crippen molar-refractivity contribution in [2.75, 3.05) is 25.0 Å². The van der Waals surface area contributed by atoms with Crippen LogP contribution in [0.4, 0.5) is 10.1 Å². The molecule has 2 aromatic carbocycles. The number of nitrogens with zero attached hydrogens (tertiary/aromatic N) is 2. The normalized spacial score (nSPS) is 16.1. The highest BCUT2D eigenvalue weighted by atomic mass is 19.1. The van der Waals surface area contributed by atoms with Gasteiger partial charge in [0.2, 0.25) is 5.91 Å². The molecule has 3 rings (SSSR count). The molecule has 0 aromatic heterocycles. The first-order chi connectivity index (χ1) is 12.4. The molecule has 0 saturated heterocycles. The van der Waals surface area contributed by atoms with Crippen molar-refractivity contribution in [2.45, 2.75) is 12.6 Å². The van der Waals surface area contributed by atoms with Gasteiger partial charge < -0.3 is 15.4 Å². The quantitative estimate of drug-likeness (QED) is 0.881. The molecular formula is C19H20FN3O3. The molecule has 1 aliphatic heterocycles. The highest BCUT2D eigenvalue weighted by Gasteiger charge is 2.32. The van der Waals surface area contributed by atoms with E-state index in [0.717, 1.165) is 5.56 Å². The van der Waals surface area contributed by atoms with Gasteiger partial charge in [-0.25, -0.2) is 4.39 Å². The molecule has 0 aliphatic carbocycles. The highest BCUT2D eigenvalue weighted by Crippen LogP contribution is 2.33. The maximum Gasteiger partial charge on any atom is 0.260 e. The summed E-state index contributed by atoms with van der Waals surface area (Å²) in [7, 11) is 1.78. The maximum absolute atomic E-state index is 13.3. The van der Waals surface area contributed by atoms with Crippen LogP contribution in [-0.2, 0) is 16.1 Å². The summed E-state index contributed by atoms with van der Waals surface area (Å²) in [4.78, 5) is 27.6. The predicted molar refractivity (Wildman–Crippen MR) is 95.1 cm³/mol. The summed E-state index contributed by atoms with van der Waals surface area (Å²) in [5.74, 6) is -0.673. The number of carbonyl (C=O) groups is 2. The van der Waals surface area contributed by atoms with Crippen LogP contribution >= 0.6 is 0 Å². The van der Waals surface area contributed by atoms with Gasteiger partial charge in [0.1, 0.15) is 11.6 Å². The molecule has 0 unspecified atom stereocenters. The van der Waals surface area contributed by atoms with Gasteiger partial charge in [0.15, 0.2) is 6.10 Å². The van der Waals surface area contributed by atoms with E-state index in [9.17, 15) is 14.0 Å². The largest absolute Gasteiger partial charge is 0.477 e. The first kappa shape index (κ1) is 17.9. The minimum Gasteiger partial charge on any atom is -0.477 e. The number of primary amides is 1. The number of hydrogen-bond acceptors (Lipinski definition) is 4. The molecule has 1 heterocycles. The molecule has 2 amide bonds. The van der Waals surface area contributed by atoms with E-state index in [1.165, 1.54) is 17.0 Å². The summed E-state index contributed by atoms with van der Waals surface area (Å²) in [6, 6.07) is 13.3. The number of hydrogen-bond donors (Lipinski definition) is 1. The van der Waals surface area contributed by atoms with E-state index in [1.807, 2.05) is 0 Å². The second kappa shape index (κ2) is 7.53. The van der Waals surface area contributed by atoms with Crippen molar-refractivity contribution in [2.24, 2.45) is 5.73 Å². The molecule has 0 fully saturated rings. The number of likely N-dealkylation sites (N-methyl/N-ethyl adjacent to an activating group) is 1. The molecule has 7 heteroatoms. The molecule has 0 spiro atoms. The number of anilines is 1. The molecule has 1 aliphatic rings. The zero-order chi connectivity index (χ0) is 18.7. The Bertz CT molecular complexity index is 827. The monoisotopic (exact) mass is 357 g/mol. The van der Waals surface area contributed by atoms with Crippen LogP contribution in [0.5, 0.6) is 5.75 Å². The smallest absolute Gasteiger partial charge is 0.260 e. The average molecular weight is 357 g/mol. The van der Waals surface area contributed by atoms with Gasteiger partial charge in [-0.05, 0) is 36.9 Å². The number of amides is 2. The lowest BCUT2D eigenvalue weighted by Gasteiger charge is -2.34. The van der Waals surface area contributed by atoms with E-state index in [-0.39, 0.29) is 24.8 Å². The third-order valence-electron chi connectivity index (χ3n) is 4.14. The third-order valence-corrected chi connectivity index (χ3v) is 4.14. The lowest BCUT2D eigenvalue weighted by atomic mass is 10.1. The minimum absolute atomic E-state index is 0.0684. The van der Waals surface area contributed by atoms with Crippen LogP contribution in [0.3, 0.4) is 0 Å². The molecule has 0 radical (unpaired) electrons. The van der Waals surface area contributed by atoms with Gasteiger partial charge in [-0.3, -0.25) is 14.5 Å². The lowest BCUT2D eigenvalue weighted by molar-refractivity contribution is -0.125. The molecule has 0 saturated carbocycles. The van der Waals surface area contributed by atoms with Crippen LogP contribution in [0.2, 0.25) is 0 Å². The average Bonchev–Trinajstić information content (AvgIpc) is 2.60. The zero-order valence-corrected chi connectivity index (χ0v) is 14.4. The third kappa shape index (κ3) is 4.00. The molecule has 1 atom stereocenters. The standard InChI is InChI=1S/C19H20FN3O3/c1-22(10-13-5-4-6-14(20)9-13)12-18(24)23-11-17(19(21)25)26-16-8-3-2-7-15(16)23/h2-9,17H,10-12H2,1H3,(H2,21,25)/t17-/m0/s1. The molecular weight excluding hydrogens is 337 g/mol. The van der Waals surface area contributed by atoms with Gasteiger partial charge in [-0.1, -0.05) is 24.3 Å². The Hall–Kier alpha value is -2.93. The van der Waals surface area contributed by atoms with E-state index in [2.05, 4.69) is 0 Å². The van der Waals surface area contributed by atoms with Crippen molar-refractivity contribution in [3.8, 4) is 5.75 Å². The fourth-order valence-electron chi connectivity index (χ4n) is 2.94. The SMILES string of the molecule is CN(CC(=O)N1C[C@@H](C(N)=O)Oc2ccccc21)Cc1cccc(F)c1. The Kier molecular flexibility index (Phi) is 5.18. The lowest BCUT2D eigenvalue weighted by Crippen LogP contribution is -2.51. The molecule has 6 nitrogen and oxygen atoms in total.